The van der Waals surface area contributed by atoms with Gasteiger partial charge in [0.1, 0.15) is 6.29 Å². The fourth-order valence-electron chi connectivity index (χ4n) is 2.46. The number of carbonyl (C=O) groups excluding carboxylic acids is 2. The molecule has 0 aliphatic heterocycles. The molecular weight excluding hydrogens is 228 g/mol. The van der Waals surface area contributed by atoms with Crippen molar-refractivity contribution in [3.05, 3.63) is 35.9 Å². The first-order valence-electron chi connectivity index (χ1n) is 6.48. The first-order valence-corrected chi connectivity index (χ1v) is 6.48. The van der Waals surface area contributed by atoms with Crippen molar-refractivity contribution in [2.24, 2.45) is 11.8 Å². The molecule has 3 nitrogen and oxygen atoms in total. The molecule has 2 atom stereocenters. The Kier molecular flexibility index (Phi) is 4.51. The highest BCUT2D eigenvalue weighted by Crippen LogP contribution is 2.28. The molecule has 0 aromatic heterocycles. The minimum atomic E-state index is -0.300. The summed E-state index contributed by atoms with van der Waals surface area (Å²) in [6.07, 6.45) is 5.15. The number of carbonyl (C=O) groups is 2. The van der Waals surface area contributed by atoms with E-state index in [4.69, 9.17) is 4.74 Å². The van der Waals surface area contributed by atoms with Gasteiger partial charge >= 0.3 is 5.97 Å². The fraction of sp³-hybridized carbons (Fsp3) is 0.467. The van der Waals surface area contributed by atoms with Crippen molar-refractivity contribution in [3.63, 3.8) is 0 Å². The van der Waals surface area contributed by atoms with Crippen LogP contribution >= 0.6 is 0 Å². The van der Waals surface area contributed by atoms with Crippen LogP contribution in [0.4, 0.5) is 0 Å². The third-order valence-electron chi connectivity index (χ3n) is 3.58. The summed E-state index contributed by atoms with van der Waals surface area (Å²) in [6.45, 7) is 0.358. The van der Waals surface area contributed by atoms with Crippen LogP contribution in [0.1, 0.15) is 36.0 Å². The molecule has 0 saturated heterocycles. The van der Waals surface area contributed by atoms with Crippen molar-refractivity contribution in [2.75, 3.05) is 6.61 Å². The van der Waals surface area contributed by atoms with Crippen molar-refractivity contribution in [2.45, 2.75) is 25.7 Å². The van der Waals surface area contributed by atoms with Crippen LogP contribution in [0.5, 0.6) is 0 Å². The summed E-state index contributed by atoms with van der Waals surface area (Å²) in [7, 11) is 0. The van der Waals surface area contributed by atoms with Crippen molar-refractivity contribution in [1.82, 2.24) is 0 Å². The maximum absolute atomic E-state index is 11.8. The maximum Gasteiger partial charge on any atom is 0.338 e. The van der Waals surface area contributed by atoms with E-state index in [0.29, 0.717) is 12.2 Å². The molecule has 1 aromatic carbocycles. The molecular formula is C15H18O3. The predicted octanol–water partition coefficient (Wildman–Crippen LogP) is 2.85. The van der Waals surface area contributed by atoms with Crippen LogP contribution in [0.3, 0.4) is 0 Å². The molecule has 0 heterocycles. The van der Waals surface area contributed by atoms with Gasteiger partial charge in [-0.1, -0.05) is 31.0 Å². The second-order valence-electron chi connectivity index (χ2n) is 4.81. The molecule has 0 radical (unpaired) electrons. The number of hydrogen-bond acceptors (Lipinski definition) is 3. The summed E-state index contributed by atoms with van der Waals surface area (Å²) in [4.78, 5) is 22.7. The van der Waals surface area contributed by atoms with Gasteiger partial charge in [0.05, 0.1) is 12.2 Å². The van der Waals surface area contributed by atoms with Crippen molar-refractivity contribution in [1.29, 1.82) is 0 Å². The zero-order valence-corrected chi connectivity index (χ0v) is 10.4. The highest BCUT2D eigenvalue weighted by molar-refractivity contribution is 5.89. The molecule has 0 spiro atoms. The standard InChI is InChI=1S/C15H18O3/c16-10-13-8-4-5-9-14(13)11-18-15(17)12-6-2-1-3-7-12/h1-3,6-7,10,13-14H,4-5,8-9,11H2/t13-,14+/m0/s1. The predicted molar refractivity (Wildman–Crippen MR) is 68.2 cm³/mol. The van der Waals surface area contributed by atoms with Crippen LogP contribution in [0.15, 0.2) is 30.3 Å². The Balaban J connectivity index is 1.87. The summed E-state index contributed by atoms with van der Waals surface area (Å²) >= 11 is 0. The quantitative estimate of drug-likeness (QED) is 0.606. The number of ether oxygens (including phenoxy) is 1. The monoisotopic (exact) mass is 246 g/mol. The van der Waals surface area contributed by atoms with Gasteiger partial charge in [-0.05, 0) is 25.0 Å². The highest BCUT2D eigenvalue weighted by Gasteiger charge is 2.25. The lowest BCUT2D eigenvalue weighted by atomic mass is 9.80. The molecule has 0 N–H and O–H groups in total. The van der Waals surface area contributed by atoms with Crippen LogP contribution < -0.4 is 0 Å². The molecule has 1 aliphatic carbocycles. The van der Waals surface area contributed by atoms with Gasteiger partial charge < -0.3 is 9.53 Å². The minimum Gasteiger partial charge on any atom is -0.462 e. The Bertz CT molecular complexity index is 399. The van der Waals surface area contributed by atoms with Crippen LogP contribution in [-0.4, -0.2) is 18.9 Å². The molecule has 2 rings (SSSR count). The smallest absolute Gasteiger partial charge is 0.338 e. The first-order chi connectivity index (χ1) is 8.81. The van der Waals surface area contributed by atoms with E-state index in [1.807, 2.05) is 18.2 Å². The lowest BCUT2D eigenvalue weighted by Gasteiger charge is -2.27. The molecule has 1 saturated carbocycles. The highest BCUT2D eigenvalue weighted by atomic mass is 16.5. The van der Waals surface area contributed by atoms with Crippen LogP contribution in [0.2, 0.25) is 0 Å². The van der Waals surface area contributed by atoms with Gasteiger partial charge in [-0.3, -0.25) is 0 Å². The van der Waals surface area contributed by atoms with E-state index in [1.165, 1.54) is 0 Å². The van der Waals surface area contributed by atoms with Gasteiger partial charge in [0.25, 0.3) is 0 Å². The first kappa shape index (κ1) is 12.8. The maximum atomic E-state index is 11.8. The second-order valence-corrected chi connectivity index (χ2v) is 4.81. The SMILES string of the molecule is O=C[C@@H]1CCCC[C@@H]1COC(=O)c1ccccc1. The molecule has 1 aromatic rings. The number of esters is 1. The molecule has 18 heavy (non-hydrogen) atoms. The summed E-state index contributed by atoms with van der Waals surface area (Å²) in [6, 6.07) is 8.96. The Morgan fingerprint density at radius 1 is 1.22 bits per heavy atom. The van der Waals surface area contributed by atoms with Gasteiger partial charge in [0.2, 0.25) is 0 Å². The van der Waals surface area contributed by atoms with E-state index in [1.54, 1.807) is 12.1 Å². The Morgan fingerprint density at radius 2 is 1.94 bits per heavy atom. The Morgan fingerprint density at radius 3 is 2.67 bits per heavy atom. The molecule has 0 unspecified atom stereocenters. The summed E-state index contributed by atoms with van der Waals surface area (Å²) in [5.74, 6) is -0.0444. The largest absolute Gasteiger partial charge is 0.462 e. The zero-order chi connectivity index (χ0) is 12.8. The minimum absolute atomic E-state index is 0.0577. The molecule has 3 heteroatoms. The van der Waals surface area contributed by atoms with Gasteiger partial charge in [0.15, 0.2) is 0 Å². The number of rotatable bonds is 4. The zero-order valence-electron chi connectivity index (χ0n) is 10.4. The van der Waals surface area contributed by atoms with E-state index >= 15 is 0 Å². The van der Waals surface area contributed by atoms with Gasteiger partial charge in [0, 0.05) is 11.8 Å². The molecule has 0 amide bonds. The van der Waals surface area contributed by atoms with Crippen molar-refractivity contribution < 1.29 is 14.3 Å². The van der Waals surface area contributed by atoms with E-state index in [2.05, 4.69) is 0 Å². The lowest BCUT2D eigenvalue weighted by molar-refractivity contribution is -0.114. The number of aldehydes is 1. The Labute approximate surface area is 107 Å². The third-order valence-corrected chi connectivity index (χ3v) is 3.58. The van der Waals surface area contributed by atoms with E-state index in [9.17, 15) is 9.59 Å². The Hall–Kier alpha value is -1.64. The van der Waals surface area contributed by atoms with Crippen LogP contribution in [0, 0.1) is 11.8 Å². The average Bonchev–Trinajstić information content (AvgIpc) is 2.46. The van der Waals surface area contributed by atoms with E-state index < -0.39 is 0 Å². The topological polar surface area (TPSA) is 43.4 Å². The normalized spacial score (nSPS) is 23.3. The number of benzene rings is 1. The van der Waals surface area contributed by atoms with E-state index in [-0.39, 0.29) is 17.8 Å². The van der Waals surface area contributed by atoms with Gasteiger partial charge in [-0.15, -0.1) is 0 Å². The van der Waals surface area contributed by atoms with Gasteiger partial charge in [-0.2, -0.15) is 0 Å². The molecule has 0 bridgehead atoms. The third kappa shape index (κ3) is 3.19. The van der Waals surface area contributed by atoms with Crippen LogP contribution in [0.25, 0.3) is 0 Å². The molecule has 1 fully saturated rings. The average molecular weight is 246 g/mol. The van der Waals surface area contributed by atoms with Crippen molar-refractivity contribution in [3.8, 4) is 0 Å². The van der Waals surface area contributed by atoms with E-state index in [0.717, 1.165) is 32.0 Å². The molecule has 1 aliphatic rings. The summed E-state index contributed by atoms with van der Waals surface area (Å²) < 4.78 is 5.30. The second kappa shape index (κ2) is 6.34. The van der Waals surface area contributed by atoms with Crippen molar-refractivity contribution >= 4 is 12.3 Å². The van der Waals surface area contributed by atoms with Crippen LogP contribution in [-0.2, 0) is 9.53 Å². The number of hydrogen-bond donors (Lipinski definition) is 0. The lowest BCUT2D eigenvalue weighted by Crippen LogP contribution is -2.26. The molecule has 96 valence electrons. The van der Waals surface area contributed by atoms with Gasteiger partial charge in [-0.25, -0.2) is 4.79 Å². The fourth-order valence-corrected chi connectivity index (χ4v) is 2.46. The summed E-state index contributed by atoms with van der Waals surface area (Å²) in [5, 5.41) is 0. The summed E-state index contributed by atoms with van der Waals surface area (Å²) in [5.41, 5.74) is 0.566.